The van der Waals surface area contributed by atoms with Crippen molar-refractivity contribution in [3.8, 4) is 10.4 Å². The smallest absolute Gasteiger partial charge is 0.262 e. The number of benzene rings is 1. The van der Waals surface area contributed by atoms with E-state index in [-0.39, 0.29) is 18.7 Å². The van der Waals surface area contributed by atoms with E-state index >= 15 is 0 Å². The average molecular weight is 302 g/mol. The van der Waals surface area contributed by atoms with Crippen LogP contribution in [-0.4, -0.2) is 32.5 Å². The third-order valence-electron chi connectivity index (χ3n) is 3.19. The molecule has 0 aliphatic rings. The summed E-state index contributed by atoms with van der Waals surface area (Å²) in [4.78, 5) is 18.3. The van der Waals surface area contributed by atoms with Crippen LogP contribution in [-0.2, 0) is 6.54 Å². The Morgan fingerprint density at radius 2 is 2.05 bits per heavy atom. The maximum absolute atomic E-state index is 12.4. The maximum atomic E-state index is 12.4. The van der Waals surface area contributed by atoms with Gasteiger partial charge in [0.2, 0.25) is 0 Å². The fourth-order valence-electron chi connectivity index (χ4n) is 2.12. The number of nitrogens with zero attached hydrogens (tertiary/aromatic N) is 2. The van der Waals surface area contributed by atoms with E-state index in [9.17, 15) is 9.90 Å². The van der Waals surface area contributed by atoms with Crippen molar-refractivity contribution in [3.05, 3.63) is 53.1 Å². The van der Waals surface area contributed by atoms with Crippen LogP contribution < -0.4 is 5.56 Å². The first kappa shape index (κ1) is 13.9. The molecular weight excluding hydrogens is 288 g/mol. The zero-order valence-corrected chi connectivity index (χ0v) is 12.0. The third kappa shape index (κ3) is 2.73. The monoisotopic (exact) mass is 302 g/mol. The molecule has 0 fully saturated rings. The van der Waals surface area contributed by atoms with Gasteiger partial charge in [0.1, 0.15) is 4.83 Å². The summed E-state index contributed by atoms with van der Waals surface area (Å²) in [6.07, 6.45) is 0.448. The van der Waals surface area contributed by atoms with Crippen LogP contribution in [0.4, 0.5) is 0 Å². The van der Waals surface area contributed by atoms with Crippen LogP contribution in [0.1, 0.15) is 0 Å². The molecule has 21 heavy (non-hydrogen) atoms. The lowest BCUT2D eigenvalue weighted by Gasteiger charge is -2.08. The number of hydrogen-bond donors (Lipinski definition) is 2. The summed E-state index contributed by atoms with van der Waals surface area (Å²) in [5, 5.41) is 18.9. The highest BCUT2D eigenvalue weighted by Gasteiger charge is 2.12. The molecule has 0 amide bonds. The number of rotatable bonds is 4. The number of aromatic nitrogens is 2. The third-order valence-corrected chi connectivity index (χ3v) is 4.29. The van der Waals surface area contributed by atoms with E-state index < -0.39 is 6.10 Å². The molecule has 2 heterocycles. The van der Waals surface area contributed by atoms with Crippen molar-refractivity contribution >= 4 is 21.6 Å². The van der Waals surface area contributed by atoms with Gasteiger partial charge in [-0.3, -0.25) is 9.36 Å². The molecule has 1 atom stereocenters. The maximum Gasteiger partial charge on any atom is 0.262 e. The van der Waals surface area contributed by atoms with Crippen molar-refractivity contribution in [2.75, 3.05) is 6.61 Å². The first-order valence-electron chi connectivity index (χ1n) is 6.52. The Kier molecular flexibility index (Phi) is 3.83. The van der Waals surface area contributed by atoms with Gasteiger partial charge in [0.15, 0.2) is 0 Å². The van der Waals surface area contributed by atoms with Crippen LogP contribution in [0.2, 0.25) is 0 Å². The van der Waals surface area contributed by atoms with Crippen molar-refractivity contribution in [2.45, 2.75) is 12.6 Å². The van der Waals surface area contributed by atoms with Crippen molar-refractivity contribution < 1.29 is 10.2 Å². The van der Waals surface area contributed by atoms with E-state index in [1.807, 2.05) is 36.4 Å². The number of aliphatic hydroxyl groups excluding tert-OH is 2. The fraction of sp³-hybridized carbons (Fsp3) is 0.200. The second kappa shape index (κ2) is 5.77. The minimum atomic E-state index is -0.964. The van der Waals surface area contributed by atoms with E-state index in [4.69, 9.17) is 5.11 Å². The molecule has 3 aromatic rings. The summed E-state index contributed by atoms with van der Waals surface area (Å²) in [7, 11) is 0. The van der Waals surface area contributed by atoms with Gasteiger partial charge < -0.3 is 10.2 Å². The molecule has 0 aliphatic heterocycles. The van der Waals surface area contributed by atoms with Gasteiger partial charge >= 0.3 is 0 Å². The predicted molar refractivity (Wildman–Crippen MR) is 82.4 cm³/mol. The lowest BCUT2D eigenvalue weighted by Crippen LogP contribution is -2.28. The fourth-order valence-corrected chi connectivity index (χ4v) is 3.11. The molecule has 3 rings (SSSR count). The number of thiophene rings is 1. The molecule has 0 spiro atoms. The topological polar surface area (TPSA) is 75.4 Å². The van der Waals surface area contributed by atoms with Crippen molar-refractivity contribution in [1.29, 1.82) is 0 Å². The van der Waals surface area contributed by atoms with Crippen molar-refractivity contribution in [1.82, 2.24) is 9.55 Å². The summed E-state index contributed by atoms with van der Waals surface area (Å²) in [5.74, 6) is 0. The Morgan fingerprint density at radius 3 is 2.76 bits per heavy atom. The molecule has 0 saturated heterocycles. The van der Waals surface area contributed by atoms with Gasteiger partial charge in [-0.25, -0.2) is 4.98 Å². The molecule has 1 aromatic carbocycles. The predicted octanol–water partition coefficient (Wildman–Crippen LogP) is 1.48. The molecule has 108 valence electrons. The van der Waals surface area contributed by atoms with E-state index in [1.165, 1.54) is 22.2 Å². The number of aliphatic hydroxyl groups is 2. The van der Waals surface area contributed by atoms with E-state index in [0.29, 0.717) is 10.2 Å². The molecular formula is C15H14N2O3S. The van der Waals surface area contributed by atoms with Gasteiger partial charge in [0, 0.05) is 4.88 Å². The van der Waals surface area contributed by atoms with Gasteiger partial charge in [-0.05, 0) is 11.6 Å². The van der Waals surface area contributed by atoms with Gasteiger partial charge in [0.25, 0.3) is 5.56 Å². The summed E-state index contributed by atoms with van der Waals surface area (Å²) < 4.78 is 1.32. The second-order valence-corrected chi connectivity index (χ2v) is 5.76. The SMILES string of the molecule is O=c1c2cc(-c3ccccc3)sc2ncn1C[C@@H](O)CO. The summed E-state index contributed by atoms with van der Waals surface area (Å²) >= 11 is 1.46. The first-order valence-corrected chi connectivity index (χ1v) is 7.34. The minimum Gasteiger partial charge on any atom is -0.394 e. The van der Waals surface area contributed by atoms with Gasteiger partial charge in [0.05, 0.1) is 31.0 Å². The van der Waals surface area contributed by atoms with Crippen molar-refractivity contribution in [3.63, 3.8) is 0 Å². The van der Waals surface area contributed by atoms with Crippen LogP contribution in [0, 0.1) is 0 Å². The van der Waals surface area contributed by atoms with Crippen LogP contribution in [0.3, 0.4) is 0 Å². The molecule has 0 unspecified atom stereocenters. The van der Waals surface area contributed by atoms with Crippen molar-refractivity contribution in [2.24, 2.45) is 0 Å². The van der Waals surface area contributed by atoms with E-state index in [0.717, 1.165) is 10.4 Å². The molecule has 2 aromatic heterocycles. The van der Waals surface area contributed by atoms with Crippen LogP contribution >= 0.6 is 11.3 Å². The molecule has 0 aliphatic carbocycles. The van der Waals surface area contributed by atoms with Crippen LogP contribution in [0.15, 0.2) is 47.5 Å². The lowest BCUT2D eigenvalue weighted by molar-refractivity contribution is 0.0803. The quantitative estimate of drug-likeness (QED) is 0.765. The minimum absolute atomic E-state index is 0.0365. The highest BCUT2D eigenvalue weighted by molar-refractivity contribution is 7.21. The summed E-state index contributed by atoms with van der Waals surface area (Å²) in [6.45, 7) is -0.349. The number of hydrogen-bond acceptors (Lipinski definition) is 5. The van der Waals surface area contributed by atoms with E-state index in [2.05, 4.69) is 4.98 Å². The highest BCUT2D eigenvalue weighted by Crippen LogP contribution is 2.30. The normalized spacial score (nSPS) is 12.7. The summed E-state index contributed by atoms with van der Waals surface area (Å²) in [6, 6.07) is 11.6. The van der Waals surface area contributed by atoms with Crippen LogP contribution in [0.5, 0.6) is 0 Å². The zero-order chi connectivity index (χ0) is 14.8. The molecule has 0 saturated carbocycles. The Morgan fingerprint density at radius 1 is 1.29 bits per heavy atom. The molecule has 6 heteroatoms. The second-order valence-electron chi connectivity index (χ2n) is 4.73. The Balaban J connectivity index is 2.06. The lowest BCUT2D eigenvalue weighted by atomic mass is 10.2. The van der Waals surface area contributed by atoms with Crippen LogP contribution in [0.25, 0.3) is 20.7 Å². The molecule has 0 bridgehead atoms. The Labute approximate surface area is 124 Å². The largest absolute Gasteiger partial charge is 0.394 e. The Bertz CT molecular complexity index is 811. The van der Waals surface area contributed by atoms with Gasteiger partial charge in [-0.1, -0.05) is 30.3 Å². The zero-order valence-electron chi connectivity index (χ0n) is 11.1. The number of fused-ring (bicyclic) bond motifs is 1. The summed E-state index contributed by atoms with van der Waals surface area (Å²) in [5.41, 5.74) is 0.841. The molecule has 2 N–H and O–H groups in total. The van der Waals surface area contributed by atoms with E-state index in [1.54, 1.807) is 0 Å². The highest BCUT2D eigenvalue weighted by atomic mass is 32.1. The molecule has 5 nitrogen and oxygen atoms in total. The average Bonchev–Trinajstić information content (AvgIpc) is 2.96. The van der Waals surface area contributed by atoms with Gasteiger partial charge in [-0.2, -0.15) is 0 Å². The standard InChI is InChI=1S/C15H14N2O3S/c18-8-11(19)7-17-9-16-14-12(15(17)20)6-13(21-14)10-4-2-1-3-5-10/h1-6,9,11,18-19H,7-8H2/t11-/m1/s1. The molecule has 0 radical (unpaired) electrons. The first-order chi connectivity index (χ1) is 10.2. The van der Waals surface area contributed by atoms with Gasteiger partial charge in [-0.15, -0.1) is 11.3 Å². The Hall–Kier alpha value is -2.02.